The lowest BCUT2D eigenvalue weighted by atomic mass is 10.0. The van der Waals surface area contributed by atoms with Crippen molar-refractivity contribution in [2.75, 3.05) is 17.3 Å². The summed E-state index contributed by atoms with van der Waals surface area (Å²) < 4.78 is 5.96. The van der Waals surface area contributed by atoms with E-state index in [9.17, 15) is 4.79 Å². The predicted molar refractivity (Wildman–Crippen MR) is 126 cm³/mol. The zero-order valence-corrected chi connectivity index (χ0v) is 18.4. The normalized spacial score (nSPS) is 15.2. The van der Waals surface area contributed by atoms with Crippen molar-refractivity contribution in [3.05, 3.63) is 90.0 Å². The summed E-state index contributed by atoms with van der Waals surface area (Å²) in [5.41, 5.74) is 3.98. The van der Waals surface area contributed by atoms with Gasteiger partial charge in [0.05, 0.1) is 17.5 Å². The highest BCUT2D eigenvalue weighted by Crippen LogP contribution is 2.39. The van der Waals surface area contributed by atoms with E-state index in [1.54, 1.807) is 0 Å². The van der Waals surface area contributed by atoms with Gasteiger partial charge in [-0.3, -0.25) is 14.8 Å². The van der Waals surface area contributed by atoms with Gasteiger partial charge in [0, 0.05) is 5.56 Å². The average Bonchev–Trinajstić information content (AvgIpc) is 3.32. The molecule has 7 heteroatoms. The number of nitrogens with one attached hydrogen (secondary N) is 1. The van der Waals surface area contributed by atoms with Crippen LogP contribution in [0.1, 0.15) is 17.2 Å². The van der Waals surface area contributed by atoms with Gasteiger partial charge in [0.25, 0.3) is 0 Å². The largest absolute Gasteiger partial charge is 0.489 e. The highest BCUT2D eigenvalue weighted by molar-refractivity contribution is 7.99. The highest BCUT2D eigenvalue weighted by atomic mass is 32.2. The number of H-pyrrole nitrogens is 1. The van der Waals surface area contributed by atoms with Crippen molar-refractivity contribution in [3.63, 3.8) is 0 Å². The molecule has 5 rings (SSSR count). The Hall–Kier alpha value is -3.58. The molecular formula is C25H22N4O2S. The number of benzene rings is 3. The Morgan fingerprint density at radius 3 is 2.62 bits per heavy atom. The highest BCUT2D eigenvalue weighted by Gasteiger charge is 2.33. The standard InChI is InChI=1S/C25H22N4O2S/c1-17-11-13-19(14-12-17)24-26-25(28-27-24)32-16-23(30)29-20-9-5-6-10-22(20)31-15-21(29)18-7-3-2-4-8-18/h2-14,21H,15-16H2,1H3,(H,26,27,28)/t21-/m0/s1. The van der Waals surface area contributed by atoms with Crippen LogP contribution < -0.4 is 9.64 Å². The number of para-hydroxylation sites is 2. The minimum Gasteiger partial charge on any atom is -0.489 e. The fraction of sp³-hybridized carbons (Fsp3) is 0.160. The fourth-order valence-corrected chi connectivity index (χ4v) is 4.42. The second-order valence-electron chi connectivity index (χ2n) is 7.59. The summed E-state index contributed by atoms with van der Waals surface area (Å²) in [4.78, 5) is 19.8. The van der Waals surface area contributed by atoms with Crippen molar-refractivity contribution in [2.45, 2.75) is 18.1 Å². The van der Waals surface area contributed by atoms with Crippen molar-refractivity contribution in [1.82, 2.24) is 15.2 Å². The predicted octanol–water partition coefficient (Wildman–Crippen LogP) is 5.04. The molecule has 1 aliphatic heterocycles. The number of fused-ring (bicyclic) bond motifs is 1. The maximum Gasteiger partial charge on any atom is 0.238 e. The van der Waals surface area contributed by atoms with Gasteiger partial charge >= 0.3 is 0 Å². The van der Waals surface area contributed by atoms with Crippen LogP contribution in [-0.2, 0) is 4.79 Å². The summed E-state index contributed by atoms with van der Waals surface area (Å²) in [7, 11) is 0. The number of aryl methyl sites for hydroxylation is 1. The smallest absolute Gasteiger partial charge is 0.238 e. The maximum absolute atomic E-state index is 13.4. The van der Waals surface area contributed by atoms with Crippen LogP contribution in [0, 0.1) is 6.92 Å². The number of carbonyl (C=O) groups is 1. The zero-order valence-electron chi connectivity index (χ0n) is 17.6. The third-order valence-electron chi connectivity index (χ3n) is 5.40. The van der Waals surface area contributed by atoms with E-state index >= 15 is 0 Å². The van der Waals surface area contributed by atoms with Crippen LogP contribution in [0.25, 0.3) is 11.4 Å². The van der Waals surface area contributed by atoms with Crippen LogP contribution in [0.3, 0.4) is 0 Å². The lowest BCUT2D eigenvalue weighted by Gasteiger charge is -2.37. The van der Waals surface area contributed by atoms with Crippen molar-refractivity contribution in [3.8, 4) is 17.1 Å². The lowest BCUT2D eigenvalue weighted by molar-refractivity contribution is -0.117. The number of hydrogen-bond donors (Lipinski definition) is 1. The van der Waals surface area contributed by atoms with Gasteiger partial charge in [0.1, 0.15) is 12.4 Å². The van der Waals surface area contributed by atoms with Gasteiger partial charge in [-0.1, -0.05) is 84.1 Å². The van der Waals surface area contributed by atoms with Crippen LogP contribution in [0.4, 0.5) is 5.69 Å². The first kappa shape index (κ1) is 20.3. The number of ether oxygens (including phenoxy) is 1. The molecule has 1 aromatic heterocycles. The molecule has 3 aromatic carbocycles. The van der Waals surface area contributed by atoms with Gasteiger partial charge in [-0.15, -0.1) is 5.10 Å². The van der Waals surface area contributed by atoms with E-state index in [2.05, 4.69) is 15.2 Å². The third-order valence-corrected chi connectivity index (χ3v) is 6.23. The molecular weight excluding hydrogens is 420 g/mol. The SMILES string of the molecule is Cc1ccc(-c2nc(SCC(=O)N3c4ccccc4OC[C@H]3c3ccccc3)n[nH]2)cc1. The van der Waals surface area contributed by atoms with Crippen molar-refractivity contribution in [1.29, 1.82) is 0 Å². The summed E-state index contributed by atoms with van der Waals surface area (Å²) >= 11 is 1.33. The first-order valence-corrected chi connectivity index (χ1v) is 11.4. The molecule has 0 unspecified atom stereocenters. The number of hydrogen-bond acceptors (Lipinski definition) is 5. The molecule has 1 atom stereocenters. The number of thioether (sulfide) groups is 1. The summed E-state index contributed by atoms with van der Waals surface area (Å²) in [6.07, 6.45) is 0. The van der Waals surface area contributed by atoms with Gasteiger partial charge in [-0.25, -0.2) is 4.98 Å². The Balaban J connectivity index is 1.36. The quantitative estimate of drug-likeness (QED) is 0.439. The molecule has 0 saturated carbocycles. The number of rotatable bonds is 5. The van der Waals surface area contributed by atoms with Crippen LogP contribution >= 0.6 is 11.8 Å². The van der Waals surface area contributed by atoms with Gasteiger partial charge in [-0.05, 0) is 24.6 Å². The molecule has 0 spiro atoms. The second kappa shape index (κ2) is 8.88. The van der Waals surface area contributed by atoms with E-state index in [0.29, 0.717) is 17.6 Å². The maximum atomic E-state index is 13.4. The van der Waals surface area contributed by atoms with Crippen molar-refractivity contribution < 1.29 is 9.53 Å². The Labute approximate surface area is 190 Å². The lowest BCUT2D eigenvalue weighted by Crippen LogP contribution is -2.42. The molecule has 2 heterocycles. The van der Waals surface area contributed by atoms with Gasteiger partial charge in [-0.2, -0.15) is 0 Å². The summed E-state index contributed by atoms with van der Waals surface area (Å²) in [6, 6.07) is 25.5. The third kappa shape index (κ3) is 4.11. The summed E-state index contributed by atoms with van der Waals surface area (Å²) in [5, 5.41) is 7.80. The number of nitrogens with zero attached hydrogens (tertiary/aromatic N) is 3. The average molecular weight is 443 g/mol. The van der Waals surface area contributed by atoms with E-state index in [1.165, 1.54) is 17.3 Å². The molecule has 0 bridgehead atoms. The van der Waals surface area contributed by atoms with Crippen LogP contribution in [0.5, 0.6) is 5.75 Å². The van der Waals surface area contributed by atoms with E-state index in [4.69, 9.17) is 4.74 Å². The molecule has 1 amide bonds. The molecule has 1 aliphatic rings. The molecule has 0 fully saturated rings. The van der Waals surface area contributed by atoms with Crippen LogP contribution in [0.2, 0.25) is 0 Å². The molecule has 0 aliphatic carbocycles. The zero-order chi connectivity index (χ0) is 21.9. The monoisotopic (exact) mass is 442 g/mol. The minimum atomic E-state index is -0.186. The number of aromatic amines is 1. The topological polar surface area (TPSA) is 71.1 Å². The molecule has 32 heavy (non-hydrogen) atoms. The Morgan fingerprint density at radius 2 is 1.81 bits per heavy atom. The fourth-order valence-electron chi connectivity index (χ4n) is 3.77. The molecule has 6 nitrogen and oxygen atoms in total. The van der Waals surface area contributed by atoms with E-state index < -0.39 is 0 Å². The van der Waals surface area contributed by atoms with Gasteiger partial charge in [0.15, 0.2) is 5.82 Å². The van der Waals surface area contributed by atoms with E-state index in [1.807, 2.05) is 90.7 Å². The second-order valence-corrected chi connectivity index (χ2v) is 8.53. The molecule has 0 radical (unpaired) electrons. The van der Waals surface area contributed by atoms with Crippen LogP contribution in [0.15, 0.2) is 84.0 Å². The Bertz CT molecular complexity index is 1220. The van der Waals surface area contributed by atoms with Crippen molar-refractivity contribution >= 4 is 23.4 Å². The Morgan fingerprint density at radius 1 is 1.06 bits per heavy atom. The number of anilines is 1. The van der Waals surface area contributed by atoms with Crippen molar-refractivity contribution in [2.24, 2.45) is 0 Å². The van der Waals surface area contributed by atoms with Crippen LogP contribution in [-0.4, -0.2) is 33.4 Å². The molecule has 1 N–H and O–H groups in total. The van der Waals surface area contributed by atoms with Gasteiger partial charge < -0.3 is 4.74 Å². The molecule has 160 valence electrons. The molecule has 4 aromatic rings. The Kier molecular flexibility index (Phi) is 5.64. The number of amides is 1. The minimum absolute atomic E-state index is 0.0127. The first-order chi connectivity index (χ1) is 15.7. The molecule has 0 saturated heterocycles. The summed E-state index contributed by atoms with van der Waals surface area (Å²) in [5.74, 6) is 1.63. The summed E-state index contributed by atoms with van der Waals surface area (Å²) in [6.45, 7) is 2.46. The van der Waals surface area contributed by atoms with E-state index in [-0.39, 0.29) is 17.7 Å². The number of aromatic nitrogens is 3. The first-order valence-electron chi connectivity index (χ1n) is 10.4. The van der Waals surface area contributed by atoms with E-state index in [0.717, 1.165) is 22.6 Å². The number of carbonyl (C=O) groups excluding carboxylic acids is 1. The van der Waals surface area contributed by atoms with Gasteiger partial charge in [0.2, 0.25) is 11.1 Å².